The van der Waals surface area contributed by atoms with Crippen molar-refractivity contribution in [3.8, 4) is 67.8 Å². The van der Waals surface area contributed by atoms with E-state index in [9.17, 15) is 0 Å². The van der Waals surface area contributed by atoms with Crippen molar-refractivity contribution in [2.45, 2.75) is 19.8 Å². The highest BCUT2D eigenvalue weighted by Crippen LogP contribution is 2.37. The monoisotopic (exact) mass is 683 g/mol. The fourth-order valence-corrected chi connectivity index (χ4v) is 6.65. The zero-order chi connectivity index (χ0) is 35.7. The van der Waals surface area contributed by atoms with Crippen LogP contribution in [0.3, 0.4) is 0 Å². The normalized spacial score (nSPS) is 11.4. The van der Waals surface area contributed by atoms with Crippen LogP contribution < -0.4 is 0 Å². The largest absolute Gasteiger partial charge is 0.265 e. The number of hydrogen-bond acceptors (Lipinski definition) is 7. The molecule has 0 saturated heterocycles. The molecule has 0 amide bonds. The second kappa shape index (κ2) is 13.6. The average Bonchev–Trinajstić information content (AvgIpc) is 3.24. The predicted octanol–water partition coefficient (Wildman–Crippen LogP) is 10.9. The Morgan fingerprint density at radius 1 is 0.415 bits per heavy atom. The van der Waals surface area contributed by atoms with Gasteiger partial charge >= 0.3 is 0 Å². The third-order valence-corrected chi connectivity index (χ3v) is 9.41. The number of rotatable bonds is 7. The molecule has 0 bridgehead atoms. The third-order valence-electron chi connectivity index (χ3n) is 9.41. The average molecular weight is 684 g/mol. The van der Waals surface area contributed by atoms with Crippen molar-refractivity contribution >= 4 is 21.8 Å². The van der Waals surface area contributed by atoms with Gasteiger partial charge in [-0.2, -0.15) is 0 Å². The maximum atomic E-state index is 5.20. The highest BCUT2D eigenvalue weighted by atomic mass is 15.0. The second-order valence-electron chi connectivity index (χ2n) is 13.3. The van der Waals surface area contributed by atoms with Gasteiger partial charge in [-0.15, -0.1) is 0 Å². The van der Waals surface area contributed by atoms with Gasteiger partial charge in [-0.25, -0.2) is 19.9 Å². The van der Waals surface area contributed by atoms with E-state index < -0.39 is 0 Å². The van der Waals surface area contributed by atoms with Gasteiger partial charge in [0.1, 0.15) is 0 Å². The molecule has 4 aromatic carbocycles. The van der Waals surface area contributed by atoms with E-state index in [4.69, 9.17) is 24.9 Å². The molecule has 0 N–H and O–H groups in total. The molecule has 7 nitrogen and oxygen atoms in total. The van der Waals surface area contributed by atoms with Gasteiger partial charge in [0.2, 0.25) is 0 Å². The van der Waals surface area contributed by atoms with E-state index in [0.29, 0.717) is 23.4 Å². The molecule has 0 fully saturated rings. The van der Waals surface area contributed by atoms with Crippen LogP contribution in [0.2, 0.25) is 0 Å². The lowest BCUT2D eigenvalue weighted by atomic mass is 9.94. The Hall–Kier alpha value is -6.99. The number of benzene rings is 4. The summed E-state index contributed by atoms with van der Waals surface area (Å²) >= 11 is 0. The van der Waals surface area contributed by atoms with Gasteiger partial charge in [0.25, 0.3) is 0 Å². The third kappa shape index (κ3) is 6.29. The quantitative estimate of drug-likeness (QED) is 0.154. The Labute approximate surface area is 307 Å². The summed E-state index contributed by atoms with van der Waals surface area (Å²) < 4.78 is 0. The van der Waals surface area contributed by atoms with Crippen LogP contribution in [0.5, 0.6) is 0 Å². The molecule has 53 heavy (non-hydrogen) atoms. The molecule has 0 spiro atoms. The molecule has 0 radical (unpaired) electrons. The Morgan fingerprint density at radius 2 is 1.04 bits per heavy atom. The summed E-state index contributed by atoms with van der Waals surface area (Å²) in [5.74, 6) is 2.11. The van der Waals surface area contributed by atoms with Crippen LogP contribution in [0.25, 0.3) is 89.6 Å². The van der Waals surface area contributed by atoms with Gasteiger partial charge in [0, 0.05) is 51.7 Å². The molecular weight excluding hydrogens is 651 g/mol. The lowest BCUT2D eigenvalue weighted by Gasteiger charge is -2.14. The number of nitrogens with zero attached hydrogens (tertiary/aromatic N) is 7. The smallest absolute Gasteiger partial charge is 0.164 e. The number of hydrogen-bond donors (Lipinski definition) is 0. The van der Waals surface area contributed by atoms with Crippen molar-refractivity contribution < 1.29 is 0 Å². The van der Waals surface area contributed by atoms with Crippen LogP contribution in [0.15, 0.2) is 158 Å². The number of fused-ring (bicyclic) bond motifs is 3. The molecule has 9 rings (SSSR count). The van der Waals surface area contributed by atoms with E-state index in [1.165, 1.54) is 0 Å². The van der Waals surface area contributed by atoms with Crippen molar-refractivity contribution in [1.82, 2.24) is 34.9 Å². The van der Waals surface area contributed by atoms with Crippen LogP contribution in [-0.2, 0) is 0 Å². The first-order valence-electron chi connectivity index (χ1n) is 17.7. The minimum atomic E-state index is 0.297. The molecule has 7 heteroatoms. The van der Waals surface area contributed by atoms with E-state index in [1.54, 1.807) is 12.4 Å². The summed E-state index contributed by atoms with van der Waals surface area (Å²) in [6.45, 7) is 4.34. The van der Waals surface area contributed by atoms with Gasteiger partial charge in [-0.05, 0) is 76.7 Å². The molecule has 9 aromatic rings. The lowest BCUT2D eigenvalue weighted by Crippen LogP contribution is -2.00. The first kappa shape index (κ1) is 32.0. The summed E-state index contributed by atoms with van der Waals surface area (Å²) in [6, 6.07) is 47.5. The van der Waals surface area contributed by atoms with Crippen LogP contribution in [0.1, 0.15) is 25.5 Å². The molecular formula is C46H33N7. The fraction of sp³-hybridized carbons (Fsp3) is 0.0652. The topological polar surface area (TPSA) is 90.2 Å². The number of pyridine rings is 4. The Kier molecular flexibility index (Phi) is 8.21. The minimum Gasteiger partial charge on any atom is -0.265 e. The van der Waals surface area contributed by atoms with Gasteiger partial charge in [0.05, 0.1) is 22.4 Å². The van der Waals surface area contributed by atoms with E-state index >= 15 is 0 Å². The van der Waals surface area contributed by atoms with Gasteiger partial charge in [-0.3, -0.25) is 15.0 Å². The van der Waals surface area contributed by atoms with E-state index in [0.717, 1.165) is 77.8 Å². The summed E-state index contributed by atoms with van der Waals surface area (Å²) in [6.07, 6.45) is 5.31. The SMILES string of the molecule is CC(C)c1ccc2ccc3c(-c4cccc(-c5cccc(-c6nc(-c7ccccc7)nc(-c7ccncc7)n6)c5)c4)cc(-c4ccccn4)nc3c2n1. The zero-order valence-corrected chi connectivity index (χ0v) is 29.2. The van der Waals surface area contributed by atoms with Gasteiger partial charge < -0.3 is 0 Å². The summed E-state index contributed by atoms with van der Waals surface area (Å²) in [7, 11) is 0. The Morgan fingerprint density at radius 3 is 1.75 bits per heavy atom. The predicted molar refractivity (Wildman–Crippen MR) is 213 cm³/mol. The molecule has 0 aliphatic rings. The highest BCUT2D eigenvalue weighted by molar-refractivity contribution is 6.09. The molecule has 0 aliphatic heterocycles. The van der Waals surface area contributed by atoms with Crippen molar-refractivity contribution in [3.63, 3.8) is 0 Å². The van der Waals surface area contributed by atoms with E-state index in [1.807, 2.05) is 72.9 Å². The summed E-state index contributed by atoms with van der Waals surface area (Å²) in [5, 5.41) is 2.10. The Bertz CT molecular complexity index is 2690. The van der Waals surface area contributed by atoms with E-state index in [2.05, 4.69) is 96.6 Å². The molecule has 0 saturated carbocycles. The van der Waals surface area contributed by atoms with Gasteiger partial charge in [0.15, 0.2) is 17.5 Å². The van der Waals surface area contributed by atoms with Crippen LogP contribution >= 0.6 is 0 Å². The van der Waals surface area contributed by atoms with Crippen molar-refractivity contribution in [1.29, 1.82) is 0 Å². The molecule has 0 aliphatic carbocycles. The maximum Gasteiger partial charge on any atom is 0.164 e. The van der Waals surface area contributed by atoms with Crippen molar-refractivity contribution in [2.24, 2.45) is 0 Å². The number of aromatic nitrogens is 7. The second-order valence-corrected chi connectivity index (χ2v) is 13.3. The van der Waals surface area contributed by atoms with E-state index in [-0.39, 0.29) is 0 Å². The summed E-state index contributed by atoms with van der Waals surface area (Å²) in [5.41, 5.74) is 11.4. The molecule has 252 valence electrons. The Balaban J connectivity index is 1.18. The first-order chi connectivity index (χ1) is 26.1. The van der Waals surface area contributed by atoms with Crippen LogP contribution in [0, 0.1) is 0 Å². The summed E-state index contributed by atoms with van der Waals surface area (Å²) in [4.78, 5) is 33.9. The van der Waals surface area contributed by atoms with Crippen LogP contribution in [-0.4, -0.2) is 34.9 Å². The van der Waals surface area contributed by atoms with Crippen molar-refractivity contribution in [3.05, 3.63) is 164 Å². The molecule has 0 unspecified atom stereocenters. The molecule has 5 aromatic heterocycles. The van der Waals surface area contributed by atoms with Crippen LogP contribution in [0.4, 0.5) is 0 Å². The van der Waals surface area contributed by atoms with Gasteiger partial charge in [-0.1, -0.05) is 105 Å². The lowest BCUT2D eigenvalue weighted by molar-refractivity contribution is 0.830. The minimum absolute atomic E-state index is 0.297. The first-order valence-corrected chi connectivity index (χ1v) is 17.7. The molecule has 0 atom stereocenters. The van der Waals surface area contributed by atoms with Crippen molar-refractivity contribution in [2.75, 3.05) is 0 Å². The fourth-order valence-electron chi connectivity index (χ4n) is 6.65. The standard InChI is InChI=1S/C46H33N7/c1-29(2)39-20-18-30-17-19-37-38(28-41(40-16-6-7-23-48-40)50-43(37)42(30)49-39)35-14-8-12-33(26-35)34-13-9-15-36(27-34)46-52-44(31-10-4-3-5-11-31)51-45(53-46)32-21-24-47-25-22-32/h3-29H,1-2H3. The maximum absolute atomic E-state index is 5.20. The highest BCUT2D eigenvalue weighted by Gasteiger charge is 2.17. The molecule has 5 heterocycles. The zero-order valence-electron chi connectivity index (χ0n) is 29.2.